The van der Waals surface area contributed by atoms with Crippen LogP contribution in [0.2, 0.25) is 0 Å². The number of aryl methyl sites for hydroxylation is 1. The molecule has 1 rings (SSSR count). The van der Waals surface area contributed by atoms with Crippen molar-refractivity contribution in [1.82, 2.24) is 9.97 Å². The topological polar surface area (TPSA) is 72.0 Å². The summed E-state index contributed by atoms with van der Waals surface area (Å²) < 4.78 is 22.9. The standard InChI is InChI=1S/C8H12BrN3O2S/c1-5-7(9)8(10-2)12-6(11-5)4-15(3,13)14/h4H2,1-3H3,(H,10,11,12). The van der Waals surface area contributed by atoms with Crippen molar-refractivity contribution >= 4 is 31.6 Å². The molecule has 0 aromatic carbocycles. The van der Waals surface area contributed by atoms with Gasteiger partial charge >= 0.3 is 0 Å². The van der Waals surface area contributed by atoms with Crippen molar-refractivity contribution in [3.8, 4) is 0 Å². The minimum absolute atomic E-state index is 0.143. The molecule has 1 heterocycles. The third-order valence-electron chi connectivity index (χ3n) is 1.69. The fourth-order valence-corrected chi connectivity index (χ4v) is 2.06. The number of hydrogen-bond donors (Lipinski definition) is 1. The summed E-state index contributed by atoms with van der Waals surface area (Å²) in [5.41, 5.74) is 0.716. The molecule has 0 aliphatic rings. The van der Waals surface area contributed by atoms with E-state index in [0.29, 0.717) is 17.3 Å². The van der Waals surface area contributed by atoms with Gasteiger partial charge in [-0.2, -0.15) is 0 Å². The van der Waals surface area contributed by atoms with Crippen molar-refractivity contribution in [2.24, 2.45) is 0 Å². The number of aromatic nitrogens is 2. The number of nitrogens with one attached hydrogen (secondary N) is 1. The van der Waals surface area contributed by atoms with Gasteiger partial charge in [0.25, 0.3) is 0 Å². The summed E-state index contributed by atoms with van der Waals surface area (Å²) in [4.78, 5) is 8.18. The number of rotatable bonds is 3. The van der Waals surface area contributed by atoms with Gasteiger partial charge in [-0.3, -0.25) is 0 Å². The van der Waals surface area contributed by atoms with Crippen LogP contribution in [0.5, 0.6) is 0 Å². The quantitative estimate of drug-likeness (QED) is 0.905. The van der Waals surface area contributed by atoms with Crippen LogP contribution in [0.3, 0.4) is 0 Å². The van der Waals surface area contributed by atoms with Crippen molar-refractivity contribution in [2.75, 3.05) is 18.6 Å². The maximum atomic E-state index is 11.1. The molecule has 0 aliphatic heterocycles. The second kappa shape index (κ2) is 4.44. The van der Waals surface area contributed by atoms with Gasteiger partial charge in [-0.15, -0.1) is 0 Å². The molecule has 1 aromatic heterocycles. The van der Waals surface area contributed by atoms with Gasteiger partial charge < -0.3 is 5.32 Å². The van der Waals surface area contributed by atoms with E-state index in [9.17, 15) is 8.42 Å². The van der Waals surface area contributed by atoms with E-state index in [1.807, 2.05) is 0 Å². The molecular formula is C8H12BrN3O2S. The first kappa shape index (κ1) is 12.4. The summed E-state index contributed by atoms with van der Waals surface area (Å²) in [6.45, 7) is 1.79. The Morgan fingerprint density at radius 2 is 2.00 bits per heavy atom. The van der Waals surface area contributed by atoms with E-state index in [1.54, 1.807) is 14.0 Å². The van der Waals surface area contributed by atoms with E-state index in [-0.39, 0.29) is 5.75 Å². The number of nitrogens with zero attached hydrogens (tertiary/aromatic N) is 2. The molecule has 0 atom stereocenters. The number of sulfone groups is 1. The van der Waals surface area contributed by atoms with Gasteiger partial charge in [-0.05, 0) is 22.9 Å². The molecule has 5 nitrogen and oxygen atoms in total. The van der Waals surface area contributed by atoms with Crippen LogP contribution >= 0.6 is 15.9 Å². The third-order valence-corrected chi connectivity index (χ3v) is 3.42. The molecule has 15 heavy (non-hydrogen) atoms. The predicted molar refractivity (Wildman–Crippen MR) is 62.6 cm³/mol. The fraction of sp³-hybridized carbons (Fsp3) is 0.500. The van der Waals surface area contributed by atoms with Gasteiger partial charge in [0, 0.05) is 13.3 Å². The number of anilines is 1. The smallest absolute Gasteiger partial charge is 0.154 e. The summed E-state index contributed by atoms with van der Waals surface area (Å²) in [5.74, 6) is 0.763. The van der Waals surface area contributed by atoms with Crippen LogP contribution in [0.4, 0.5) is 5.82 Å². The summed E-state index contributed by atoms with van der Waals surface area (Å²) >= 11 is 3.32. The summed E-state index contributed by atoms with van der Waals surface area (Å²) in [5, 5.41) is 2.87. The molecule has 0 saturated heterocycles. The summed E-state index contributed by atoms with van der Waals surface area (Å²) in [6, 6.07) is 0. The largest absolute Gasteiger partial charge is 0.372 e. The molecule has 1 aromatic rings. The van der Waals surface area contributed by atoms with E-state index in [2.05, 4.69) is 31.2 Å². The normalized spacial score (nSPS) is 11.5. The van der Waals surface area contributed by atoms with Gasteiger partial charge in [-0.25, -0.2) is 18.4 Å². The number of hydrogen-bond acceptors (Lipinski definition) is 5. The minimum atomic E-state index is -3.10. The van der Waals surface area contributed by atoms with Crippen LogP contribution in [0, 0.1) is 6.92 Å². The highest BCUT2D eigenvalue weighted by atomic mass is 79.9. The van der Waals surface area contributed by atoms with Crippen LogP contribution in [-0.4, -0.2) is 31.7 Å². The Morgan fingerprint density at radius 3 is 2.47 bits per heavy atom. The van der Waals surface area contributed by atoms with Crippen molar-refractivity contribution in [3.63, 3.8) is 0 Å². The maximum Gasteiger partial charge on any atom is 0.154 e. The van der Waals surface area contributed by atoms with Crippen molar-refractivity contribution in [2.45, 2.75) is 12.7 Å². The molecule has 0 radical (unpaired) electrons. The Balaban J connectivity index is 3.17. The lowest BCUT2D eigenvalue weighted by atomic mass is 10.4. The van der Waals surface area contributed by atoms with Crippen LogP contribution in [0.1, 0.15) is 11.5 Å². The van der Waals surface area contributed by atoms with E-state index in [0.717, 1.165) is 10.7 Å². The van der Waals surface area contributed by atoms with Gasteiger partial charge in [-0.1, -0.05) is 0 Å². The van der Waals surface area contributed by atoms with Crippen LogP contribution < -0.4 is 5.32 Å². The highest BCUT2D eigenvalue weighted by Gasteiger charge is 2.12. The first-order valence-electron chi connectivity index (χ1n) is 4.22. The average Bonchev–Trinajstić information content (AvgIpc) is 2.08. The molecule has 0 spiro atoms. The molecule has 84 valence electrons. The van der Waals surface area contributed by atoms with E-state index < -0.39 is 9.84 Å². The molecule has 7 heteroatoms. The van der Waals surface area contributed by atoms with Crippen molar-refractivity contribution in [1.29, 1.82) is 0 Å². The zero-order chi connectivity index (χ0) is 11.6. The lowest BCUT2D eigenvalue weighted by Gasteiger charge is -2.07. The first-order valence-corrected chi connectivity index (χ1v) is 7.07. The molecule has 0 fully saturated rings. The zero-order valence-electron chi connectivity index (χ0n) is 8.70. The van der Waals surface area contributed by atoms with Crippen LogP contribution in [-0.2, 0) is 15.6 Å². The van der Waals surface area contributed by atoms with Crippen molar-refractivity contribution in [3.05, 3.63) is 16.0 Å². The van der Waals surface area contributed by atoms with Crippen LogP contribution in [0.25, 0.3) is 0 Å². The number of halogens is 1. The van der Waals surface area contributed by atoms with Crippen LogP contribution in [0.15, 0.2) is 4.47 Å². The maximum absolute atomic E-state index is 11.1. The lowest BCUT2D eigenvalue weighted by molar-refractivity contribution is 0.599. The Labute approximate surface area is 97.4 Å². The zero-order valence-corrected chi connectivity index (χ0v) is 11.1. The fourth-order valence-electron chi connectivity index (χ4n) is 1.08. The molecule has 1 N–H and O–H groups in total. The molecule has 0 unspecified atom stereocenters. The van der Waals surface area contributed by atoms with Gasteiger partial charge in [0.2, 0.25) is 0 Å². The molecule has 0 saturated carbocycles. The predicted octanol–water partition coefficient (Wildman–Crippen LogP) is 1.13. The van der Waals surface area contributed by atoms with E-state index in [1.165, 1.54) is 0 Å². The average molecular weight is 294 g/mol. The van der Waals surface area contributed by atoms with E-state index >= 15 is 0 Å². The molecule has 0 amide bonds. The Morgan fingerprint density at radius 1 is 1.40 bits per heavy atom. The SMILES string of the molecule is CNc1nc(CS(C)(=O)=O)nc(C)c1Br. The molecule has 0 bridgehead atoms. The lowest BCUT2D eigenvalue weighted by Crippen LogP contribution is -2.08. The first-order chi connectivity index (χ1) is 6.83. The highest BCUT2D eigenvalue weighted by molar-refractivity contribution is 9.10. The minimum Gasteiger partial charge on any atom is -0.372 e. The Bertz CT molecular complexity index is 473. The molecular weight excluding hydrogens is 282 g/mol. The van der Waals surface area contributed by atoms with E-state index in [4.69, 9.17) is 0 Å². The second-order valence-electron chi connectivity index (χ2n) is 3.21. The third kappa shape index (κ3) is 3.42. The van der Waals surface area contributed by atoms with Gasteiger partial charge in [0.1, 0.15) is 17.4 Å². The highest BCUT2D eigenvalue weighted by Crippen LogP contribution is 2.22. The van der Waals surface area contributed by atoms with Gasteiger partial charge in [0.05, 0.1) is 10.2 Å². The van der Waals surface area contributed by atoms with Gasteiger partial charge in [0.15, 0.2) is 9.84 Å². The Hall–Kier alpha value is -0.690. The van der Waals surface area contributed by atoms with Crippen molar-refractivity contribution < 1.29 is 8.42 Å². The molecule has 0 aliphatic carbocycles. The summed E-state index contributed by atoms with van der Waals surface area (Å²) in [7, 11) is -1.38. The monoisotopic (exact) mass is 293 g/mol. The second-order valence-corrected chi connectivity index (χ2v) is 6.14. The Kier molecular flexibility index (Phi) is 3.67. The summed E-state index contributed by atoms with van der Waals surface area (Å²) in [6.07, 6.45) is 1.16.